The number of halogens is 1. The number of benzene rings is 2. The highest BCUT2D eigenvalue weighted by atomic mass is 35.5. The highest BCUT2D eigenvalue weighted by molar-refractivity contribution is 7.91. The number of rotatable bonds is 3. The van der Waals surface area contributed by atoms with Gasteiger partial charge in [-0.15, -0.1) is 0 Å². The van der Waals surface area contributed by atoms with Gasteiger partial charge in [-0.1, -0.05) is 23.7 Å². The van der Waals surface area contributed by atoms with Crippen LogP contribution < -0.4 is 0 Å². The zero-order chi connectivity index (χ0) is 15.6. The maximum Gasteiger partial charge on any atom is 0.206 e. The lowest BCUT2D eigenvalue weighted by molar-refractivity contribution is 0.596. The molecular formula is C16H11ClN2O2S. The molecule has 0 spiro atoms. The molecule has 1 heterocycles. The van der Waals surface area contributed by atoms with Crippen molar-refractivity contribution < 1.29 is 8.42 Å². The van der Waals surface area contributed by atoms with Crippen molar-refractivity contribution in [1.82, 2.24) is 9.97 Å². The quantitative estimate of drug-likeness (QED) is 0.735. The van der Waals surface area contributed by atoms with E-state index in [-0.39, 0.29) is 9.79 Å². The fraction of sp³-hybridized carbons (Fsp3) is 0. The maximum absolute atomic E-state index is 12.5. The van der Waals surface area contributed by atoms with Crippen molar-refractivity contribution in [2.24, 2.45) is 0 Å². The zero-order valence-corrected chi connectivity index (χ0v) is 12.9. The zero-order valence-electron chi connectivity index (χ0n) is 11.3. The Hall–Kier alpha value is -2.24. The van der Waals surface area contributed by atoms with Gasteiger partial charge in [0.1, 0.15) is 6.33 Å². The normalized spacial score (nSPS) is 11.3. The molecule has 1 aromatic heterocycles. The molecule has 2 aromatic carbocycles. The third kappa shape index (κ3) is 2.86. The average Bonchev–Trinajstić information content (AvgIpc) is 2.56. The van der Waals surface area contributed by atoms with Gasteiger partial charge < -0.3 is 0 Å². The van der Waals surface area contributed by atoms with Gasteiger partial charge in [0.05, 0.1) is 15.5 Å². The molecule has 3 aromatic rings. The van der Waals surface area contributed by atoms with Crippen molar-refractivity contribution in [3.05, 3.63) is 72.1 Å². The van der Waals surface area contributed by atoms with Gasteiger partial charge in [0, 0.05) is 16.8 Å². The van der Waals surface area contributed by atoms with E-state index in [1.807, 2.05) is 0 Å². The van der Waals surface area contributed by atoms with Crippen molar-refractivity contribution in [2.75, 3.05) is 0 Å². The molecule has 0 fully saturated rings. The van der Waals surface area contributed by atoms with Crippen LogP contribution >= 0.6 is 11.6 Å². The summed E-state index contributed by atoms with van der Waals surface area (Å²) in [4.78, 5) is 8.43. The van der Waals surface area contributed by atoms with E-state index >= 15 is 0 Å². The van der Waals surface area contributed by atoms with E-state index < -0.39 is 9.84 Å². The summed E-state index contributed by atoms with van der Waals surface area (Å²) < 4.78 is 25.0. The molecule has 0 aliphatic rings. The minimum absolute atomic E-state index is 0.215. The molecule has 0 unspecified atom stereocenters. The Bertz CT molecular complexity index is 878. The Labute approximate surface area is 133 Å². The summed E-state index contributed by atoms with van der Waals surface area (Å²) >= 11 is 5.79. The van der Waals surface area contributed by atoms with Crippen LogP contribution in [0.2, 0.25) is 5.02 Å². The summed E-state index contributed by atoms with van der Waals surface area (Å²) in [5.74, 6) is 0. The van der Waals surface area contributed by atoms with E-state index in [4.69, 9.17) is 11.6 Å². The second-order valence-corrected chi connectivity index (χ2v) is 6.96. The van der Waals surface area contributed by atoms with Crippen molar-refractivity contribution in [1.29, 1.82) is 0 Å². The van der Waals surface area contributed by atoms with Gasteiger partial charge in [-0.25, -0.2) is 18.4 Å². The molecule has 0 N–H and O–H groups in total. The number of hydrogen-bond acceptors (Lipinski definition) is 4. The molecule has 22 heavy (non-hydrogen) atoms. The summed E-state index contributed by atoms with van der Waals surface area (Å²) in [6.45, 7) is 0. The molecule has 110 valence electrons. The van der Waals surface area contributed by atoms with Gasteiger partial charge >= 0.3 is 0 Å². The average molecular weight is 331 g/mol. The standard InChI is InChI=1S/C16H11ClN2O2S/c17-13-3-7-15(8-4-13)22(20,21)14-5-1-12(2-6-14)16-9-10-18-11-19-16/h1-11H. The number of hydrogen-bond donors (Lipinski definition) is 0. The number of aromatic nitrogens is 2. The van der Waals surface area contributed by atoms with Crippen LogP contribution in [-0.2, 0) is 9.84 Å². The monoisotopic (exact) mass is 330 g/mol. The van der Waals surface area contributed by atoms with Crippen molar-refractivity contribution >= 4 is 21.4 Å². The molecule has 0 saturated carbocycles. The molecule has 6 heteroatoms. The van der Waals surface area contributed by atoms with Gasteiger partial charge in [0.15, 0.2) is 0 Å². The van der Waals surface area contributed by atoms with Gasteiger partial charge in [0.2, 0.25) is 9.84 Å². The maximum atomic E-state index is 12.5. The molecule has 0 aliphatic heterocycles. The molecule has 0 bridgehead atoms. The lowest BCUT2D eigenvalue weighted by Gasteiger charge is -2.06. The lowest BCUT2D eigenvalue weighted by atomic mass is 10.1. The minimum Gasteiger partial charge on any atom is -0.245 e. The summed E-state index contributed by atoms with van der Waals surface area (Å²) in [7, 11) is -3.55. The summed E-state index contributed by atoms with van der Waals surface area (Å²) in [5, 5.41) is 0.498. The molecule has 0 saturated heterocycles. The summed E-state index contributed by atoms with van der Waals surface area (Å²) in [5.41, 5.74) is 1.57. The Morgan fingerprint density at radius 1 is 0.818 bits per heavy atom. The number of nitrogens with zero attached hydrogens (tertiary/aromatic N) is 2. The van der Waals surface area contributed by atoms with Crippen molar-refractivity contribution in [3.8, 4) is 11.3 Å². The molecule has 4 nitrogen and oxygen atoms in total. The minimum atomic E-state index is -3.55. The Kier molecular flexibility index (Phi) is 3.92. The highest BCUT2D eigenvalue weighted by Gasteiger charge is 2.17. The van der Waals surface area contributed by atoms with Gasteiger partial charge in [-0.2, -0.15) is 0 Å². The van der Waals surface area contributed by atoms with E-state index in [9.17, 15) is 8.42 Å². The molecule has 0 radical (unpaired) electrons. The van der Waals surface area contributed by atoms with Crippen LogP contribution in [0, 0.1) is 0 Å². The fourth-order valence-electron chi connectivity index (χ4n) is 2.02. The van der Waals surface area contributed by atoms with Crippen molar-refractivity contribution in [2.45, 2.75) is 9.79 Å². The molecule has 3 rings (SSSR count). The van der Waals surface area contributed by atoms with Crippen LogP contribution in [0.1, 0.15) is 0 Å². The van der Waals surface area contributed by atoms with E-state index in [0.717, 1.165) is 11.3 Å². The van der Waals surface area contributed by atoms with Crippen LogP contribution in [0.15, 0.2) is 76.9 Å². The molecule has 0 atom stereocenters. The van der Waals surface area contributed by atoms with E-state index in [1.54, 1.807) is 48.7 Å². The van der Waals surface area contributed by atoms with Crippen LogP contribution in [0.25, 0.3) is 11.3 Å². The largest absolute Gasteiger partial charge is 0.245 e. The molecular weight excluding hydrogens is 320 g/mol. The third-order valence-corrected chi connectivity index (χ3v) is 5.20. The van der Waals surface area contributed by atoms with Gasteiger partial charge in [0.25, 0.3) is 0 Å². The Balaban J connectivity index is 1.97. The Morgan fingerprint density at radius 2 is 1.41 bits per heavy atom. The summed E-state index contributed by atoms with van der Waals surface area (Å²) in [6.07, 6.45) is 3.09. The highest BCUT2D eigenvalue weighted by Crippen LogP contribution is 2.24. The predicted molar refractivity (Wildman–Crippen MR) is 84.4 cm³/mol. The smallest absolute Gasteiger partial charge is 0.206 e. The first kappa shape index (κ1) is 14.7. The van der Waals surface area contributed by atoms with Crippen LogP contribution in [-0.4, -0.2) is 18.4 Å². The Morgan fingerprint density at radius 3 is 1.95 bits per heavy atom. The SMILES string of the molecule is O=S(=O)(c1ccc(Cl)cc1)c1ccc(-c2ccncn2)cc1. The fourth-order valence-corrected chi connectivity index (χ4v) is 3.40. The lowest BCUT2D eigenvalue weighted by Crippen LogP contribution is -2.01. The van der Waals surface area contributed by atoms with Gasteiger partial charge in [-0.3, -0.25) is 0 Å². The van der Waals surface area contributed by atoms with Crippen molar-refractivity contribution in [3.63, 3.8) is 0 Å². The van der Waals surface area contributed by atoms with Gasteiger partial charge in [-0.05, 0) is 42.5 Å². The van der Waals surface area contributed by atoms with E-state index in [2.05, 4.69) is 9.97 Å². The number of sulfone groups is 1. The van der Waals surface area contributed by atoms with Crippen LogP contribution in [0.5, 0.6) is 0 Å². The first-order chi connectivity index (χ1) is 10.6. The van der Waals surface area contributed by atoms with Crippen LogP contribution in [0.3, 0.4) is 0 Å². The van der Waals surface area contributed by atoms with E-state index in [1.165, 1.54) is 18.5 Å². The summed E-state index contributed by atoms with van der Waals surface area (Å²) in [6, 6.07) is 14.5. The molecule has 0 aliphatic carbocycles. The predicted octanol–water partition coefficient (Wildman–Crippen LogP) is 3.63. The van der Waals surface area contributed by atoms with E-state index in [0.29, 0.717) is 5.02 Å². The molecule has 0 amide bonds. The van der Waals surface area contributed by atoms with Crippen LogP contribution in [0.4, 0.5) is 0 Å². The second-order valence-electron chi connectivity index (χ2n) is 4.58. The topological polar surface area (TPSA) is 59.9 Å². The first-order valence-electron chi connectivity index (χ1n) is 6.44. The third-order valence-electron chi connectivity index (χ3n) is 3.17. The first-order valence-corrected chi connectivity index (χ1v) is 8.30. The second kappa shape index (κ2) is 5.87.